The Balaban J connectivity index is 1.50. The van der Waals surface area contributed by atoms with Crippen molar-refractivity contribution >= 4 is 0 Å². The number of rotatable bonds is 5. The van der Waals surface area contributed by atoms with Crippen LogP contribution < -0.4 is 5.73 Å². The zero-order valence-electron chi connectivity index (χ0n) is 10.4. The average molecular weight is 226 g/mol. The average Bonchev–Trinajstić information content (AvgIpc) is 2.77. The van der Waals surface area contributed by atoms with Gasteiger partial charge in [-0.1, -0.05) is 0 Å². The van der Waals surface area contributed by atoms with Crippen molar-refractivity contribution in [2.75, 3.05) is 26.2 Å². The number of ether oxygens (including phenoxy) is 1. The van der Waals surface area contributed by atoms with Crippen molar-refractivity contribution in [3.05, 3.63) is 0 Å². The molecule has 2 aliphatic rings. The number of nitrogens with zero attached hydrogens (tertiary/aromatic N) is 1. The van der Waals surface area contributed by atoms with Gasteiger partial charge in [-0.2, -0.15) is 0 Å². The Bertz CT molecular complexity index is 192. The summed E-state index contributed by atoms with van der Waals surface area (Å²) in [5.74, 6) is 0. The first-order chi connectivity index (χ1) is 7.84. The van der Waals surface area contributed by atoms with Gasteiger partial charge < -0.3 is 15.4 Å². The van der Waals surface area contributed by atoms with Gasteiger partial charge in [-0.05, 0) is 58.0 Å². The fourth-order valence-corrected chi connectivity index (χ4v) is 2.88. The summed E-state index contributed by atoms with van der Waals surface area (Å²) in [5.41, 5.74) is 5.94. The summed E-state index contributed by atoms with van der Waals surface area (Å²) in [6.45, 7) is 4.75. The molecule has 0 aromatic heterocycles. The van der Waals surface area contributed by atoms with Crippen LogP contribution in [-0.2, 0) is 4.74 Å². The van der Waals surface area contributed by atoms with Crippen molar-refractivity contribution in [2.45, 2.75) is 57.1 Å². The Morgan fingerprint density at radius 3 is 2.69 bits per heavy atom. The van der Waals surface area contributed by atoms with E-state index >= 15 is 0 Å². The van der Waals surface area contributed by atoms with Crippen LogP contribution in [0, 0.1) is 0 Å². The first kappa shape index (κ1) is 12.3. The number of hydrogen-bond acceptors (Lipinski definition) is 3. The van der Waals surface area contributed by atoms with Crippen molar-refractivity contribution in [3.63, 3.8) is 0 Å². The Hall–Kier alpha value is -0.120. The molecule has 2 fully saturated rings. The first-order valence-electron chi connectivity index (χ1n) is 6.94. The van der Waals surface area contributed by atoms with Gasteiger partial charge in [0.05, 0.1) is 6.10 Å². The second-order valence-electron chi connectivity index (χ2n) is 5.32. The molecule has 1 saturated carbocycles. The van der Waals surface area contributed by atoms with Crippen molar-refractivity contribution in [2.24, 2.45) is 5.73 Å². The van der Waals surface area contributed by atoms with Gasteiger partial charge in [-0.15, -0.1) is 0 Å². The minimum absolute atomic E-state index is 0.386. The fraction of sp³-hybridized carbons (Fsp3) is 1.00. The van der Waals surface area contributed by atoms with Crippen LogP contribution in [0.1, 0.15) is 44.9 Å². The summed E-state index contributed by atoms with van der Waals surface area (Å²) >= 11 is 0. The third kappa shape index (κ3) is 4.04. The Morgan fingerprint density at radius 2 is 1.94 bits per heavy atom. The maximum atomic E-state index is 5.94. The highest BCUT2D eigenvalue weighted by atomic mass is 16.5. The molecule has 2 N–H and O–H groups in total. The normalized spacial score (nSPS) is 32.1. The lowest BCUT2D eigenvalue weighted by Gasteiger charge is -2.27. The van der Waals surface area contributed by atoms with E-state index in [4.69, 9.17) is 10.5 Å². The highest BCUT2D eigenvalue weighted by Crippen LogP contribution is 2.19. The molecule has 0 spiro atoms. The summed E-state index contributed by atoms with van der Waals surface area (Å²) in [4.78, 5) is 2.55. The van der Waals surface area contributed by atoms with E-state index in [9.17, 15) is 0 Å². The molecule has 0 aromatic carbocycles. The van der Waals surface area contributed by atoms with E-state index in [1.165, 1.54) is 58.2 Å². The van der Waals surface area contributed by atoms with Gasteiger partial charge >= 0.3 is 0 Å². The molecule has 16 heavy (non-hydrogen) atoms. The summed E-state index contributed by atoms with van der Waals surface area (Å²) in [5, 5.41) is 0. The highest BCUT2D eigenvalue weighted by molar-refractivity contribution is 4.75. The zero-order chi connectivity index (χ0) is 11.2. The first-order valence-corrected chi connectivity index (χ1v) is 6.94. The van der Waals surface area contributed by atoms with Crippen molar-refractivity contribution < 1.29 is 4.74 Å². The fourth-order valence-electron chi connectivity index (χ4n) is 2.88. The lowest BCUT2D eigenvalue weighted by atomic mass is 9.94. The molecule has 94 valence electrons. The lowest BCUT2D eigenvalue weighted by Crippen LogP contribution is -2.32. The van der Waals surface area contributed by atoms with Crippen LogP contribution in [0.5, 0.6) is 0 Å². The number of nitrogens with two attached hydrogens (primary N) is 1. The number of hydrogen-bond donors (Lipinski definition) is 1. The summed E-state index contributed by atoms with van der Waals surface area (Å²) in [6, 6.07) is 0.386. The third-order valence-electron chi connectivity index (χ3n) is 3.84. The standard InChI is InChI=1S/C13H26N2O/c14-12-5-3-6-13(11-12)16-10-4-9-15-7-1-2-8-15/h12-13H,1-11,14H2. The van der Waals surface area contributed by atoms with Crippen LogP contribution in [-0.4, -0.2) is 43.3 Å². The molecule has 0 radical (unpaired) electrons. The molecule has 2 rings (SSSR count). The van der Waals surface area contributed by atoms with Crippen molar-refractivity contribution in [3.8, 4) is 0 Å². The molecule has 0 amide bonds. The largest absolute Gasteiger partial charge is 0.378 e. The van der Waals surface area contributed by atoms with Crippen LogP contribution >= 0.6 is 0 Å². The molecule has 0 bridgehead atoms. The van der Waals surface area contributed by atoms with E-state index < -0.39 is 0 Å². The maximum absolute atomic E-state index is 5.94. The molecule has 0 aromatic rings. The van der Waals surface area contributed by atoms with Gasteiger partial charge in [0, 0.05) is 19.2 Å². The van der Waals surface area contributed by atoms with Gasteiger partial charge in [-0.25, -0.2) is 0 Å². The van der Waals surface area contributed by atoms with Gasteiger partial charge in [0.2, 0.25) is 0 Å². The zero-order valence-corrected chi connectivity index (χ0v) is 10.4. The molecule has 1 aliphatic carbocycles. The van der Waals surface area contributed by atoms with Crippen LogP contribution in [0.4, 0.5) is 0 Å². The van der Waals surface area contributed by atoms with E-state index in [0.29, 0.717) is 12.1 Å². The molecule has 3 nitrogen and oxygen atoms in total. The second-order valence-corrected chi connectivity index (χ2v) is 5.32. The molecule has 2 unspecified atom stereocenters. The van der Waals surface area contributed by atoms with Gasteiger partial charge in [0.15, 0.2) is 0 Å². The highest BCUT2D eigenvalue weighted by Gasteiger charge is 2.19. The monoisotopic (exact) mass is 226 g/mol. The number of likely N-dealkylation sites (tertiary alicyclic amines) is 1. The molecule has 1 heterocycles. The summed E-state index contributed by atoms with van der Waals surface area (Å²) < 4.78 is 5.91. The van der Waals surface area contributed by atoms with E-state index in [-0.39, 0.29) is 0 Å². The molecular formula is C13H26N2O. The van der Waals surface area contributed by atoms with Gasteiger partial charge in [-0.3, -0.25) is 0 Å². The van der Waals surface area contributed by atoms with Crippen LogP contribution in [0.3, 0.4) is 0 Å². The Morgan fingerprint density at radius 1 is 1.12 bits per heavy atom. The molecule has 1 saturated heterocycles. The molecule has 1 aliphatic heterocycles. The van der Waals surface area contributed by atoms with Crippen LogP contribution in [0.25, 0.3) is 0 Å². The lowest BCUT2D eigenvalue weighted by molar-refractivity contribution is 0.0196. The van der Waals surface area contributed by atoms with Gasteiger partial charge in [0.25, 0.3) is 0 Å². The molecular weight excluding hydrogens is 200 g/mol. The third-order valence-corrected chi connectivity index (χ3v) is 3.84. The Kier molecular flexibility index (Phi) is 5.07. The maximum Gasteiger partial charge on any atom is 0.0589 e. The van der Waals surface area contributed by atoms with E-state index in [1.54, 1.807) is 0 Å². The second kappa shape index (κ2) is 6.58. The summed E-state index contributed by atoms with van der Waals surface area (Å²) in [7, 11) is 0. The molecule has 3 heteroatoms. The summed E-state index contributed by atoms with van der Waals surface area (Å²) in [6.07, 6.45) is 9.14. The van der Waals surface area contributed by atoms with Crippen LogP contribution in [0.2, 0.25) is 0 Å². The van der Waals surface area contributed by atoms with Gasteiger partial charge in [0.1, 0.15) is 0 Å². The molecule has 2 atom stereocenters. The Labute approximate surface area is 99.3 Å². The van der Waals surface area contributed by atoms with E-state index in [2.05, 4.69) is 4.90 Å². The predicted octanol–water partition coefficient (Wildman–Crippen LogP) is 1.76. The van der Waals surface area contributed by atoms with Crippen molar-refractivity contribution in [1.82, 2.24) is 4.90 Å². The minimum Gasteiger partial charge on any atom is -0.378 e. The van der Waals surface area contributed by atoms with E-state index in [0.717, 1.165) is 13.0 Å². The van der Waals surface area contributed by atoms with Crippen LogP contribution in [0.15, 0.2) is 0 Å². The smallest absolute Gasteiger partial charge is 0.0589 e. The topological polar surface area (TPSA) is 38.5 Å². The predicted molar refractivity (Wildman–Crippen MR) is 66.5 cm³/mol. The SMILES string of the molecule is NC1CCCC(OCCCN2CCCC2)C1. The van der Waals surface area contributed by atoms with Crippen molar-refractivity contribution in [1.29, 1.82) is 0 Å². The minimum atomic E-state index is 0.386. The van der Waals surface area contributed by atoms with E-state index in [1.807, 2.05) is 0 Å². The quantitative estimate of drug-likeness (QED) is 0.726.